The fourth-order valence-corrected chi connectivity index (χ4v) is 6.85. The maximum atomic E-state index is 13.2. The summed E-state index contributed by atoms with van der Waals surface area (Å²) in [6, 6.07) is 4.49. The van der Waals surface area contributed by atoms with Crippen molar-refractivity contribution in [3.63, 3.8) is 0 Å². The van der Waals surface area contributed by atoms with Crippen molar-refractivity contribution in [1.82, 2.24) is 9.21 Å². The van der Waals surface area contributed by atoms with Gasteiger partial charge in [0.25, 0.3) is 5.69 Å². The molecule has 2 saturated heterocycles. The molecule has 4 rings (SSSR count). The van der Waals surface area contributed by atoms with Gasteiger partial charge >= 0.3 is 0 Å². The highest BCUT2D eigenvalue weighted by Gasteiger charge is 2.35. The topological polar surface area (TPSA) is 113 Å². The van der Waals surface area contributed by atoms with E-state index < -0.39 is 14.9 Å². The van der Waals surface area contributed by atoms with Crippen molar-refractivity contribution in [2.24, 2.45) is 5.92 Å². The Morgan fingerprint density at radius 3 is 2.35 bits per heavy atom. The minimum Gasteiger partial charge on any atom is -0.379 e. The number of nitro benzene ring substituents is 1. The number of carbonyl (C=O) groups is 1. The van der Waals surface area contributed by atoms with Crippen LogP contribution >= 0.6 is 0 Å². The number of ether oxygens (including phenoxy) is 1. The summed E-state index contributed by atoms with van der Waals surface area (Å²) in [7, 11) is -3.83. The smallest absolute Gasteiger partial charge is 0.293 e. The van der Waals surface area contributed by atoms with E-state index in [-0.39, 0.29) is 35.5 Å². The monoisotopic (exact) mass is 494 g/mol. The Hall–Kier alpha value is -2.24. The minimum atomic E-state index is -3.83. The second kappa shape index (κ2) is 10.6. The number of nitro groups is 1. The average molecular weight is 495 g/mol. The van der Waals surface area contributed by atoms with Crippen LogP contribution in [0.3, 0.4) is 0 Å². The first-order chi connectivity index (χ1) is 16.3. The van der Waals surface area contributed by atoms with Gasteiger partial charge in [0.05, 0.1) is 23.0 Å². The minimum absolute atomic E-state index is 0.0724. The third kappa shape index (κ3) is 5.06. The van der Waals surface area contributed by atoms with Crippen LogP contribution in [0.1, 0.15) is 45.4 Å². The third-order valence-corrected chi connectivity index (χ3v) is 9.22. The predicted molar refractivity (Wildman–Crippen MR) is 127 cm³/mol. The molecular formula is C23H34N4O6S. The molecule has 1 aromatic carbocycles. The molecule has 0 bridgehead atoms. The van der Waals surface area contributed by atoms with Crippen molar-refractivity contribution in [3.05, 3.63) is 28.3 Å². The highest BCUT2D eigenvalue weighted by atomic mass is 32.2. The number of piperidine rings is 1. The molecule has 188 valence electrons. The number of hydrogen-bond acceptors (Lipinski definition) is 7. The molecule has 1 amide bonds. The fourth-order valence-electron chi connectivity index (χ4n) is 5.43. The first kappa shape index (κ1) is 24.9. The Labute approximate surface area is 201 Å². The maximum Gasteiger partial charge on any atom is 0.293 e. The van der Waals surface area contributed by atoms with Crippen LogP contribution in [0.5, 0.6) is 0 Å². The lowest BCUT2D eigenvalue weighted by Crippen LogP contribution is -2.46. The quantitative estimate of drug-likeness (QED) is 0.423. The molecule has 2 aliphatic heterocycles. The van der Waals surface area contributed by atoms with Gasteiger partial charge in [0, 0.05) is 50.7 Å². The number of benzene rings is 1. The van der Waals surface area contributed by atoms with E-state index in [1.807, 2.05) is 16.7 Å². The van der Waals surface area contributed by atoms with Crippen molar-refractivity contribution in [3.8, 4) is 0 Å². The van der Waals surface area contributed by atoms with Crippen LogP contribution in [-0.2, 0) is 19.6 Å². The number of anilines is 1. The van der Waals surface area contributed by atoms with E-state index >= 15 is 0 Å². The standard InChI is InChI=1S/C23H34N4O6S/c1-2-26(19-5-3-4-6-19)23(28)18-9-11-24(12-10-18)21-8-7-20(17-22(21)27(29)30)34(31,32)25-13-15-33-16-14-25/h7-8,17-19H,2-6,9-16H2,1H3. The number of sulfonamides is 1. The molecule has 0 unspecified atom stereocenters. The Morgan fingerprint density at radius 1 is 1.12 bits per heavy atom. The fraction of sp³-hybridized carbons (Fsp3) is 0.696. The molecule has 34 heavy (non-hydrogen) atoms. The van der Waals surface area contributed by atoms with E-state index in [1.54, 1.807) is 0 Å². The van der Waals surface area contributed by atoms with Gasteiger partial charge < -0.3 is 14.5 Å². The Morgan fingerprint density at radius 2 is 1.76 bits per heavy atom. The summed E-state index contributed by atoms with van der Waals surface area (Å²) < 4.78 is 32.4. The maximum absolute atomic E-state index is 13.2. The molecule has 0 aromatic heterocycles. The van der Waals surface area contributed by atoms with Gasteiger partial charge in [0.1, 0.15) is 5.69 Å². The molecule has 0 radical (unpaired) electrons. The zero-order valence-corrected chi connectivity index (χ0v) is 20.5. The molecule has 11 heteroatoms. The lowest BCUT2D eigenvalue weighted by molar-refractivity contribution is -0.384. The number of nitrogens with zero attached hydrogens (tertiary/aromatic N) is 4. The number of carbonyl (C=O) groups excluding carboxylic acids is 1. The van der Waals surface area contributed by atoms with Gasteiger partial charge in [-0.2, -0.15) is 4.31 Å². The lowest BCUT2D eigenvalue weighted by atomic mass is 9.94. The zero-order valence-electron chi connectivity index (χ0n) is 19.7. The largest absolute Gasteiger partial charge is 0.379 e. The van der Waals surface area contributed by atoms with Crippen LogP contribution in [0.15, 0.2) is 23.1 Å². The van der Waals surface area contributed by atoms with E-state index in [9.17, 15) is 23.3 Å². The highest BCUT2D eigenvalue weighted by molar-refractivity contribution is 7.89. The van der Waals surface area contributed by atoms with E-state index in [2.05, 4.69) is 0 Å². The zero-order chi connectivity index (χ0) is 24.3. The van der Waals surface area contributed by atoms with Crippen LogP contribution in [-0.4, -0.2) is 80.4 Å². The molecule has 0 N–H and O–H groups in total. The van der Waals surface area contributed by atoms with Crippen LogP contribution < -0.4 is 4.90 Å². The van der Waals surface area contributed by atoms with Gasteiger partial charge in [-0.05, 0) is 44.7 Å². The van der Waals surface area contributed by atoms with Crippen molar-refractivity contribution in [1.29, 1.82) is 0 Å². The van der Waals surface area contributed by atoms with Gasteiger partial charge in [-0.1, -0.05) is 12.8 Å². The number of rotatable bonds is 7. The van der Waals surface area contributed by atoms with Gasteiger partial charge in [-0.3, -0.25) is 14.9 Å². The second-order valence-corrected chi connectivity index (χ2v) is 11.2. The SMILES string of the molecule is CCN(C(=O)C1CCN(c2ccc(S(=O)(=O)N3CCOCC3)cc2[N+](=O)[O-])CC1)C1CCCC1. The summed E-state index contributed by atoms with van der Waals surface area (Å²) in [5.41, 5.74) is 0.181. The van der Waals surface area contributed by atoms with Gasteiger partial charge in [-0.15, -0.1) is 0 Å². The molecule has 3 fully saturated rings. The first-order valence-electron chi connectivity index (χ1n) is 12.2. The highest BCUT2D eigenvalue weighted by Crippen LogP contribution is 2.35. The molecule has 2 heterocycles. The van der Waals surface area contributed by atoms with Crippen LogP contribution in [0.2, 0.25) is 0 Å². The van der Waals surface area contributed by atoms with Crippen molar-refractivity contribution in [2.75, 3.05) is 50.8 Å². The number of amides is 1. The van der Waals surface area contributed by atoms with E-state index in [4.69, 9.17) is 4.74 Å². The van der Waals surface area contributed by atoms with Crippen molar-refractivity contribution >= 4 is 27.3 Å². The molecule has 1 saturated carbocycles. The van der Waals surface area contributed by atoms with Crippen LogP contribution in [0, 0.1) is 16.0 Å². The lowest BCUT2D eigenvalue weighted by Gasteiger charge is -2.37. The van der Waals surface area contributed by atoms with Crippen molar-refractivity contribution < 1.29 is 22.9 Å². The van der Waals surface area contributed by atoms with Crippen LogP contribution in [0.25, 0.3) is 0 Å². The molecule has 3 aliphatic rings. The molecule has 1 aliphatic carbocycles. The summed E-state index contributed by atoms with van der Waals surface area (Å²) in [5.74, 6) is 0.132. The summed E-state index contributed by atoms with van der Waals surface area (Å²) in [5, 5.41) is 11.9. The Bertz CT molecular complexity index is 997. The molecular weight excluding hydrogens is 460 g/mol. The van der Waals surface area contributed by atoms with Crippen molar-refractivity contribution in [2.45, 2.75) is 56.4 Å². The van der Waals surface area contributed by atoms with Gasteiger partial charge in [-0.25, -0.2) is 8.42 Å². The second-order valence-electron chi connectivity index (χ2n) is 9.25. The van der Waals surface area contributed by atoms with E-state index in [1.165, 1.54) is 29.3 Å². The third-order valence-electron chi connectivity index (χ3n) is 7.33. The van der Waals surface area contributed by atoms with Gasteiger partial charge in [0.2, 0.25) is 15.9 Å². The summed E-state index contributed by atoms with van der Waals surface area (Å²) in [6.45, 7) is 4.87. The average Bonchev–Trinajstić information content (AvgIpc) is 3.39. The number of hydrogen-bond donors (Lipinski definition) is 0. The van der Waals surface area contributed by atoms with Gasteiger partial charge in [0.15, 0.2) is 0 Å². The van der Waals surface area contributed by atoms with E-state index in [0.29, 0.717) is 57.4 Å². The number of morpholine rings is 1. The first-order valence-corrected chi connectivity index (χ1v) is 13.7. The Balaban J connectivity index is 1.47. The molecule has 0 spiro atoms. The molecule has 10 nitrogen and oxygen atoms in total. The van der Waals surface area contributed by atoms with Crippen LogP contribution in [0.4, 0.5) is 11.4 Å². The van der Waals surface area contributed by atoms with E-state index in [0.717, 1.165) is 18.9 Å². The summed E-state index contributed by atoms with van der Waals surface area (Å²) >= 11 is 0. The normalized spacial score (nSPS) is 21.0. The predicted octanol–water partition coefficient (Wildman–Crippen LogP) is 2.62. The molecule has 1 aromatic rings. The Kier molecular flexibility index (Phi) is 7.73. The molecule has 0 atom stereocenters. The summed E-state index contributed by atoms with van der Waals surface area (Å²) in [6.07, 6.45) is 5.76. The summed E-state index contributed by atoms with van der Waals surface area (Å²) in [4.78, 5) is 28.3.